The molecule has 2 N–H and O–H groups in total. The van der Waals surface area contributed by atoms with Crippen LogP contribution in [-0.4, -0.2) is 18.6 Å². The van der Waals surface area contributed by atoms with E-state index in [1.807, 2.05) is 0 Å². The molecule has 1 fully saturated rings. The van der Waals surface area contributed by atoms with E-state index in [-0.39, 0.29) is 0 Å². The summed E-state index contributed by atoms with van der Waals surface area (Å²) in [4.78, 5) is 0. The third-order valence-corrected chi connectivity index (χ3v) is 4.49. The molecule has 1 aromatic carbocycles. The Balaban J connectivity index is 1.77. The Morgan fingerprint density at radius 2 is 2.00 bits per heavy atom. The zero-order chi connectivity index (χ0) is 14.9. The van der Waals surface area contributed by atoms with Crippen LogP contribution in [0.15, 0.2) is 24.3 Å². The van der Waals surface area contributed by atoms with E-state index in [9.17, 15) is 0 Å². The van der Waals surface area contributed by atoms with Crippen LogP contribution in [0, 0.1) is 0 Å². The number of anilines is 1. The zero-order valence-corrected chi connectivity index (χ0v) is 13.8. The molecule has 0 saturated carbocycles. The minimum atomic E-state index is 0.530. The van der Waals surface area contributed by atoms with Crippen molar-refractivity contribution in [2.75, 3.05) is 11.9 Å². The molecule has 0 bridgehead atoms. The average Bonchev–Trinajstić information content (AvgIpc) is 2.75. The molecule has 2 atom stereocenters. The predicted molar refractivity (Wildman–Crippen MR) is 93.0 cm³/mol. The Morgan fingerprint density at radius 3 is 2.76 bits per heavy atom. The van der Waals surface area contributed by atoms with Gasteiger partial charge in [0, 0.05) is 17.8 Å². The summed E-state index contributed by atoms with van der Waals surface area (Å²) in [6, 6.07) is 10.2. The molecule has 1 aromatic rings. The van der Waals surface area contributed by atoms with Crippen LogP contribution in [0.1, 0.15) is 64.4 Å². The average molecular weight is 288 g/mol. The van der Waals surface area contributed by atoms with Gasteiger partial charge < -0.3 is 10.6 Å². The summed E-state index contributed by atoms with van der Waals surface area (Å²) in [5.41, 5.74) is 2.72. The number of nitrogens with one attached hydrogen (secondary N) is 2. The molecule has 1 aliphatic heterocycles. The van der Waals surface area contributed by atoms with E-state index in [0.717, 1.165) is 0 Å². The molecule has 2 heteroatoms. The summed E-state index contributed by atoms with van der Waals surface area (Å²) in [6.45, 7) is 5.75. The summed E-state index contributed by atoms with van der Waals surface area (Å²) < 4.78 is 0. The molecule has 0 aromatic heterocycles. The number of hydrogen-bond acceptors (Lipinski definition) is 2. The minimum absolute atomic E-state index is 0.530. The summed E-state index contributed by atoms with van der Waals surface area (Å²) in [7, 11) is 0. The van der Waals surface area contributed by atoms with Gasteiger partial charge in [0.15, 0.2) is 0 Å². The maximum Gasteiger partial charge on any atom is 0.0342 e. The molecule has 0 amide bonds. The summed E-state index contributed by atoms with van der Waals surface area (Å²) in [6.07, 6.45) is 10.4. The first-order valence-corrected chi connectivity index (χ1v) is 8.87. The molecular weight excluding hydrogens is 256 g/mol. The molecule has 118 valence electrons. The second kappa shape index (κ2) is 9.09. The van der Waals surface area contributed by atoms with Crippen molar-refractivity contribution in [1.29, 1.82) is 0 Å². The lowest BCUT2D eigenvalue weighted by Crippen LogP contribution is -2.33. The van der Waals surface area contributed by atoms with Gasteiger partial charge in [-0.05, 0) is 63.3 Å². The third kappa shape index (κ3) is 6.09. The molecule has 1 saturated heterocycles. The monoisotopic (exact) mass is 288 g/mol. The Labute approximate surface area is 130 Å². The van der Waals surface area contributed by atoms with Crippen molar-refractivity contribution in [2.24, 2.45) is 0 Å². The molecule has 2 nitrogen and oxygen atoms in total. The lowest BCUT2D eigenvalue weighted by molar-refractivity contribution is 0.456. The van der Waals surface area contributed by atoms with Crippen molar-refractivity contribution in [2.45, 2.75) is 77.3 Å². The maximum atomic E-state index is 3.69. The van der Waals surface area contributed by atoms with Gasteiger partial charge in [0.2, 0.25) is 0 Å². The Morgan fingerprint density at radius 1 is 1.19 bits per heavy atom. The summed E-state index contributed by atoms with van der Waals surface area (Å²) in [5, 5.41) is 7.34. The second-order valence-electron chi connectivity index (χ2n) is 6.58. The third-order valence-electron chi connectivity index (χ3n) is 4.49. The van der Waals surface area contributed by atoms with Crippen LogP contribution in [-0.2, 0) is 6.42 Å². The van der Waals surface area contributed by atoms with Gasteiger partial charge in [0.05, 0.1) is 0 Å². The van der Waals surface area contributed by atoms with E-state index in [1.165, 1.54) is 69.2 Å². The van der Waals surface area contributed by atoms with E-state index in [1.54, 1.807) is 0 Å². The fourth-order valence-corrected chi connectivity index (χ4v) is 3.22. The van der Waals surface area contributed by atoms with E-state index >= 15 is 0 Å². The highest BCUT2D eigenvalue weighted by atomic mass is 15.0. The largest absolute Gasteiger partial charge is 0.383 e. The molecular formula is C19H32N2. The maximum absolute atomic E-state index is 3.69. The van der Waals surface area contributed by atoms with Crippen LogP contribution in [0.3, 0.4) is 0 Å². The lowest BCUT2D eigenvalue weighted by Gasteiger charge is -2.22. The fourth-order valence-electron chi connectivity index (χ4n) is 3.22. The van der Waals surface area contributed by atoms with Crippen LogP contribution in [0.2, 0.25) is 0 Å². The smallest absolute Gasteiger partial charge is 0.0342 e. The van der Waals surface area contributed by atoms with Gasteiger partial charge in [0.1, 0.15) is 0 Å². The molecule has 1 aliphatic rings. The minimum Gasteiger partial charge on any atom is -0.383 e. The van der Waals surface area contributed by atoms with Crippen LogP contribution in [0.4, 0.5) is 5.69 Å². The molecule has 1 heterocycles. The first-order valence-electron chi connectivity index (χ1n) is 8.87. The van der Waals surface area contributed by atoms with Crippen LogP contribution in [0.5, 0.6) is 0 Å². The highest BCUT2D eigenvalue weighted by Gasteiger charge is 2.14. The van der Waals surface area contributed by atoms with Gasteiger partial charge in [-0.1, -0.05) is 38.3 Å². The van der Waals surface area contributed by atoms with Crippen molar-refractivity contribution in [3.63, 3.8) is 0 Å². The number of rotatable bonds is 7. The molecule has 0 aliphatic carbocycles. The van der Waals surface area contributed by atoms with E-state index in [4.69, 9.17) is 0 Å². The van der Waals surface area contributed by atoms with E-state index in [0.29, 0.717) is 12.1 Å². The van der Waals surface area contributed by atoms with Crippen molar-refractivity contribution < 1.29 is 0 Å². The number of benzene rings is 1. The summed E-state index contributed by atoms with van der Waals surface area (Å²) >= 11 is 0. The van der Waals surface area contributed by atoms with Crippen molar-refractivity contribution in [3.8, 4) is 0 Å². The molecule has 2 rings (SSSR count). The van der Waals surface area contributed by atoms with Crippen LogP contribution < -0.4 is 10.6 Å². The summed E-state index contributed by atoms with van der Waals surface area (Å²) in [5.74, 6) is 0. The Hall–Kier alpha value is -1.02. The molecule has 2 unspecified atom stereocenters. The standard InChI is InChI=1S/C19H32N2/c1-3-4-8-17-10-12-18(13-11-17)21-16(2)15-19-9-6-5-7-14-20-19/h10-13,16,19-21H,3-9,14-15H2,1-2H3. The quantitative estimate of drug-likeness (QED) is 0.756. The topological polar surface area (TPSA) is 24.1 Å². The van der Waals surface area contributed by atoms with Gasteiger partial charge in [0.25, 0.3) is 0 Å². The van der Waals surface area contributed by atoms with Crippen LogP contribution in [0.25, 0.3) is 0 Å². The zero-order valence-electron chi connectivity index (χ0n) is 13.8. The normalized spacial score (nSPS) is 20.8. The molecule has 21 heavy (non-hydrogen) atoms. The van der Waals surface area contributed by atoms with Gasteiger partial charge >= 0.3 is 0 Å². The van der Waals surface area contributed by atoms with Gasteiger partial charge in [-0.15, -0.1) is 0 Å². The molecule has 0 spiro atoms. The van der Waals surface area contributed by atoms with Crippen molar-refractivity contribution in [1.82, 2.24) is 5.32 Å². The van der Waals surface area contributed by atoms with Crippen molar-refractivity contribution in [3.05, 3.63) is 29.8 Å². The van der Waals surface area contributed by atoms with Crippen LogP contribution >= 0.6 is 0 Å². The number of aryl methyl sites for hydroxylation is 1. The van der Waals surface area contributed by atoms with E-state index in [2.05, 4.69) is 48.7 Å². The van der Waals surface area contributed by atoms with Gasteiger partial charge in [-0.2, -0.15) is 0 Å². The number of unbranched alkanes of at least 4 members (excludes halogenated alkanes) is 1. The fraction of sp³-hybridized carbons (Fsp3) is 0.684. The highest BCUT2D eigenvalue weighted by Crippen LogP contribution is 2.17. The Bertz CT molecular complexity index is 377. The van der Waals surface area contributed by atoms with Gasteiger partial charge in [-0.25, -0.2) is 0 Å². The molecule has 0 radical (unpaired) electrons. The van der Waals surface area contributed by atoms with Crippen molar-refractivity contribution >= 4 is 5.69 Å². The van der Waals surface area contributed by atoms with E-state index < -0.39 is 0 Å². The lowest BCUT2D eigenvalue weighted by atomic mass is 10.0. The predicted octanol–water partition coefficient (Wildman–Crippen LogP) is 4.75. The second-order valence-corrected chi connectivity index (χ2v) is 6.58. The Kier molecular flexibility index (Phi) is 7.08. The number of hydrogen-bond donors (Lipinski definition) is 2. The first-order chi connectivity index (χ1) is 10.3. The highest BCUT2D eigenvalue weighted by molar-refractivity contribution is 5.45. The first kappa shape index (κ1) is 16.4. The SMILES string of the molecule is CCCCc1ccc(NC(C)CC2CCCCCN2)cc1. The van der Waals surface area contributed by atoms with Gasteiger partial charge in [-0.3, -0.25) is 0 Å².